The zero-order chi connectivity index (χ0) is 15.0. The summed E-state index contributed by atoms with van der Waals surface area (Å²) in [6.07, 6.45) is -0.545. The van der Waals surface area contributed by atoms with Crippen molar-refractivity contribution in [2.75, 3.05) is 7.11 Å². The summed E-state index contributed by atoms with van der Waals surface area (Å²) in [5, 5.41) is 11.5. The number of halogens is 2. The third-order valence-corrected chi connectivity index (χ3v) is 4.17. The maximum atomic E-state index is 10.4. The average Bonchev–Trinajstić information content (AvgIpc) is 2.49. The number of methoxy groups -OCH3 is 1. The van der Waals surface area contributed by atoms with Crippen LogP contribution in [-0.4, -0.2) is 12.2 Å². The third-order valence-electron chi connectivity index (χ3n) is 3.59. The topological polar surface area (TPSA) is 38.7 Å². The molecule has 5 heteroatoms. The molecule has 0 amide bonds. The van der Waals surface area contributed by atoms with Crippen molar-refractivity contribution in [3.8, 4) is 11.5 Å². The van der Waals surface area contributed by atoms with Gasteiger partial charge in [0.05, 0.1) is 13.2 Å². The van der Waals surface area contributed by atoms with Gasteiger partial charge >= 0.3 is 0 Å². The molecule has 0 spiro atoms. The molecule has 2 unspecified atom stereocenters. The molecule has 1 aliphatic heterocycles. The van der Waals surface area contributed by atoms with Gasteiger partial charge in [0, 0.05) is 27.6 Å². The van der Waals surface area contributed by atoms with Gasteiger partial charge in [-0.2, -0.15) is 0 Å². The molecule has 2 atom stereocenters. The molecular formula is C16H14Cl2O3. The number of aliphatic hydroxyl groups excluding tert-OH is 1. The van der Waals surface area contributed by atoms with Crippen molar-refractivity contribution in [3.05, 3.63) is 57.6 Å². The Bertz CT molecular complexity index is 673. The fourth-order valence-corrected chi connectivity index (χ4v) is 2.92. The molecule has 1 aliphatic rings. The van der Waals surface area contributed by atoms with E-state index in [0.29, 0.717) is 28.0 Å². The molecule has 0 radical (unpaired) electrons. The molecule has 2 aromatic rings. The van der Waals surface area contributed by atoms with Gasteiger partial charge in [-0.05, 0) is 36.4 Å². The van der Waals surface area contributed by atoms with Gasteiger partial charge in [-0.25, -0.2) is 0 Å². The lowest BCUT2D eigenvalue weighted by atomic mass is 9.95. The lowest BCUT2D eigenvalue weighted by molar-refractivity contribution is 0.0655. The molecule has 1 N–H and O–H groups in total. The van der Waals surface area contributed by atoms with E-state index in [1.54, 1.807) is 43.5 Å². The quantitative estimate of drug-likeness (QED) is 0.880. The van der Waals surface area contributed by atoms with Gasteiger partial charge in [0.1, 0.15) is 17.6 Å². The van der Waals surface area contributed by atoms with Crippen molar-refractivity contribution in [1.29, 1.82) is 0 Å². The highest BCUT2D eigenvalue weighted by Crippen LogP contribution is 2.43. The van der Waals surface area contributed by atoms with Crippen LogP contribution >= 0.6 is 23.2 Å². The maximum absolute atomic E-state index is 10.4. The summed E-state index contributed by atoms with van der Waals surface area (Å²) in [7, 11) is 1.59. The second-order valence-electron chi connectivity index (χ2n) is 4.93. The van der Waals surface area contributed by atoms with Crippen LogP contribution in [0.1, 0.15) is 29.8 Å². The highest BCUT2D eigenvalue weighted by atomic mass is 35.5. The lowest BCUT2D eigenvalue weighted by Gasteiger charge is -2.30. The van der Waals surface area contributed by atoms with Crippen LogP contribution < -0.4 is 9.47 Å². The van der Waals surface area contributed by atoms with Crippen molar-refractivity contribution in [3.63, 3.8) is 0 Å². The molecule has 0 saturated heterocycles. The van der Waals surface area contributed by atoms with Crippen LogP contribution in [0.2, 0.25) is 10.0 Å². The summed E-state index contributed by atoms with van der Waals surface area (Å²) >= 11 is 12.2. The van der Waals surface area contributed by atoms with E-state index in [9.17, 15) is 5.11 Å². The van der Waals surface area contributed by atoms with Gasteiger partial charge in [0.25, 0.3) is 0 Å². The number of hydrogen-bond acceptors (Lipinski definition) is 3. The molecule has 1 heterocycles. The van der Waals surface area contributed by atoms with E-state index in [-0.39, 0.29) is 6.10 Å². The summed E-state index contributed by atoms with van der Waals surface area (Å²) in [5.41, 5.74) is 1.51. The average molecular weight is 325 g/mol. The van der Waals surface area contributed by atoms with Crippen LogP contribution in [0.15, 0.2) is 36.4 Å². The Labute approximate surface area is 133 Å². The van der Waals surface area contributed by atoms with Crippen LogP contribution in [0.3, 0.4) is 0 Å². The summed E-state index contributed by atoms with van der Waals surface area (Å²) in [6.45, 7) is 0. The van der Waals surface area contributed by atoms with Gasteiger partial charge in [0.2, 0.25) is 0 Å². The Balaban J connectivity index is 1.96. The van der Waals surface area contributed by atoms with Crippen molar-refractivity contribution >= 4 is 23.2 Å². The number of rotatable bonds is 2. The Morgan fingerprint density at radius 2 is 1.95 bits per heavy atom. The van der Waals surface area contributed by atoms with E-state index >= 15 is 0 Å². The largest absolute Gasteiger partial charge is 0.497 e. The Hall–Kier alpha value is -1.42. The van der Waals surface area contributed by atoms with E-state index in [4.69, 9.17) is 32.7 Å². The first-order valence-corrected chi connectivity index (χ1v) is 7.31. The minimum absolute atomic E-state index is 0.327. The molecule has 3 nitrogen and oxygen atoms in total. The van der Waals surface area contributed by atoms with E-state index in [1.807, 2.05) is 0 Å². The first-order chi connectivity index (χ1) is 10.1. The number of aliphatic hydroxyl groups is 1. The highest BCUT2D eigenvalue weighted by Gasteiger charge is 2.29. The summed E-state index contributed by atoms with van der Waals surface area (Å²) < 4.78 is 11.1. The minimum Gasteiger partial charge on any atom is -0.497 e. The van der Waals surface area contributed by atoms with Crippen LogP contribution in [0.25, 0.3) is 0 Å². The summed E-state index contributed by atoms with van der Waals surface area (Å²) in [6, 6.07) is 10.6. The van der Waals surface area contributed by atoms with E-state index in [1.165, 1.54) is 0 Å². The Kier molecular flexibility index (Phi) is 3.98. The predicted octanol–water partition coefficient (Wildman–Crippen LogP) is 4.56. The normalized spacial score (nSPS) is 20.6. The van der Waals surface area contributed by atoms with Crippen molar-refractivity contribution in [2.45, 2.75) is 18.6 Å². The van der Waals surface area contributed by atoms with Crippen LogP contribution in [0, 0.1) is 0 Å². The summed E-state index contributed by atoms with van der Waals surface area (Å²) in [5.74, 6) is 1.33. The van der Waals surface area contributed by atoms with Gasteiger partial charge in [0.15, 0.2) is 0 Å². The molecule has 110 valence electrons. The Morgan fingerprint density at radius 1 is 1.14 bits per heavy atom. The standard InChI is InChI=1S/C16H14Cl2O3/c1-20-10-3-5-15-12(7-10)14(19)8-16(21-15)11-6-9(17)2-4-13(11)18/h2-7,14,16,19H,8H2,1H3. The SMILES string of the molecule is COc1ccc2c(c1)C(O)CC(c1cc(Cl)ccc1Cl)O2. The number of ether oxygens (including phenoxy) is 2. The fourth-order valence-electron chi connectivity index (χ4n) is 2.50. The number of fused-ring (bicyclic) bond motifs is 1. The van der Waals surface area contributed by atoms with Crippen LogP contribution in [0.4, 0.5) is 0 Å². The monoisotopic (exact) mass is 324 g/mol. The molecule has 0 saturated carbocycles. The molecule has 3 rings (SSSR count). The second kappa shape index (κ2) is 5.76. The predicted molar refractivity (Wildman–Crippen MR) is 82.4 cm³/mol. The fraction of sp³-hybridized carbons (Fsp3) is 0.250. The third kappa shape index (κ3) is 2.82. The van der Waals surface area contributed by atoms with Gasteiger partial charge in [-0.3, -0.25) is 0 Å². The zero-order valence-corrected chi connectivity index (χ0v) is 12.9. The van der Waals surface area contributed by atoms with Crippen molar-refractivity contribution < 1.29 is 14.6 Å². The van der Waals surface area contributed by atoms with Crippen LogP contribution in [-0.2, 0) is 0 Å². The molecule has 0 aromatic heterocycles. The smallest absolute Gasteiger partial charge is 0.128 e. The molecule has 21 heavy (non-hydrogen) atoms. The van der Waals surface area contributed by atoms with Crippen molar-refractivity contribution in [1.82, 2.24) is 0 Å². The van der Waals surface area contributed by atoms with E-state index in [0.717, 1.165) is 11.1 Å². The van der Waals surface area contributed by atoms with E-state index < -0.39 is 6.10 Å². The molecule has 0 bridgehead atoms. The van der Waals surface area contributed by atoms with Gasteiger partial charge in [-0.1, -0.05) is 23.2 Å². The number of hydrogen-bond donors (Lipinski definition) is 1. The maximum Gasteiger partial charge on any atom is 0.128 e. The second-order valence-corrected chi connectivity index (χ2v) is 5.77. The van der Waals surface area contributed by atoms with Crippen molar-refractivity contribution in [2.24, 2.45) is 0 Å². The first kappa shape index (κ1) is 14.5. The van der Waals surface area contributed by atoms with Gasteiger partial charge < -0.3 is 14.6 Å². The molecular weight excluding hydrogens is 311 g/mol. The number of benzene rings is 2. The van der Waals surface area contributed by atoms with Gasteiger partial charge in [-0.15, -0.1) is 0 Å². The summed E-state index contributed by atoms with van der Waals surface area (Å²) in [4.78, 5) is 0. The molecule has 0 aliphatic carbocycles. The molecule has 2 aromatic carbocycles. The highest BCUT2D eigenvalue weighted by molar-refractivity contribution is 6.33. The van der Waals surface area contributed by atoms with E-state index in [2.05, 4.69) is 0 Å². The first-order valence-electron chi connectivity index (χ1n) is 6.56. The molecule has 0 fully saturated rings. The van der Waals surface area contributed by atoms with Crippen LogP contribution in [0.5, 0.6) is 11.5 Å². The minimum atomic E-state index is -0.635. The Morgan fingerprint density at radius 3 is 2.71 bits per heavy atom. The lowest BCUT2D eigenvalue weighted by Crippen LogP contribution is -2.19. The zero-order valence-electron chi connectivity index (χ0n) is 11.3.